The van der Waals surface area contributed by atoms with Crippen molar-refractivity contribution in [3.63, 3.8) is 0 Å². The predicted octanol–water partition coefficient (Wildman–Crippen LogP) is 2.05. The molecule has 5 rings (SSSR count). The van der Waals surface area contributed by atoms with Crippen LogP contribution < -0.4 is 11.1 Å². The van der Waals surface area contributed by atoms with Crippen molar-refractivity contribution in [2.24, 2.45) is 5.92 Å². The third-order valence-corrected chi connectivity index (χ3v) is 7.13. The zero-order chi connectivity index (χ0) is 20.7. The number of hydrogen-bond donors (Lipinski definition) is 5. The summed E-state index contributed by atoms with van der Waals surface area (Å²) in [6, 6.07) is 2.76. The summed E-state index contributed by atoms with van der Waals surface area (Å²) < 4.78 is 14.4. The highest BCUT2D eigenvalue weighted by molar-refractivity contribution is 7.21. The van der Waals surface area contributed by atoms with Crippen LogP contribution in [0.1, 0.15) is 18.4 Å². The predicted molar refractivity (Wildman–Crippen MR) is 107 cm³/mol. The number of thiazole rings is 1. The highest BCUT2D eigenvalue weighted by atomic mass is 35.5. The fourth-order valence-electron chi connectivity index (χ4n) is 4.27. The summed E-state index contributed by atoms with van der Waals surface area (Å²) in [6.45, 7) is 1.75. The molecule has 0 radical (unpaired) electrons. The molecule has 6 N–H and O–H groups in total. The SMILES string of the molecule is Cc1cc(F)cc2sc(-c3c(Cl)nc(N)nc3NC3(O)CCC4C(O)C43O)nc12. The van der Waals surface area contributed by atoms with Crippen LogP contribution in [-0.4, -0.2) is 47.7 Å². The van der Waals surface area contributed by atoms with E-state index in [-0.39, 0.29) is 34.7 Å². The van der Waals surface area contributed by atoms with Crippen molar-refractivity contribution in [1.82, 2.24) is 15.0 Å². The van der Waals surface area contributed by atoms with Gasteiger partial charge >= 0.3 is 0 Å². The average molecular weight is 438 g/mol. The fraction of sp³-hybridized carbons (Fsp3) is 0.389. The minimum absolute atomic E-state index is 0.00124. The Labute approximate surface area is 173 Å². The van der Waals surface area contributed by atoms with Crippen LogP contribution in [0.2, 0.25) is 5.15 Å². The smallest absolute Gasteiger partial charge is 0.223 e. The zero-order valence-electron chi connectivity index (χ0n) is 15.1. The third kappa shape index (κ3) is 2.57. The van der Waals surface area contributed by atoms with Crippen molar-refractivity contribution in [3.05, 3.63) is 28.7 Å². The van der Waals surface area contributed by atoms with E-state index in [1.807, 2.05) is 0 Å². The van der Waals surface area contributed by atoms with E-state index in [2.05, 4.69) is 20.3 Å². The number of aliphatic hydroxyl groups is 3. The van der Waals surface area contributed by atoms with Gasteiger partial charge in [0.25, 0.3) is 0 Å². The van der Waals surface area contributed by atoms with Crippen LogP contribution in [0.15, 0.2) is 12.1 Å². The van der Waals surface area contributed by atoms with Gasteiger partial charge in [-0.05, 0) is 37.5 Å². The molecular formula is C18H17ClFN5O3S. The summed E-state index contributed by atoms with van der Waals surface area (Å²) in [7, 11) is 0. The average Bonchev–Trinajstić information content (AvgIpc) is 2.92. The number of hydrogen-bond acceptors (Lipinski definition) is 9. The topological polar surface area (TPSA) is 137 Å². The lowest BCUT2D eigenvalue weighted by Gasteiger charge is -2.32. The van der Waals surface area contributed by atoms with Crippen LogP contribution in [0.3, 0.4) is 0 Å². The summed E-state index contributed by atoms with van der Waals surface area (Å²) in [6.07, 6.45) is -0.374. The van der Waals surface area contributed by atoms with Gasteiger partial charge in [0.1, 0.15) is 27.4 Å². The number of nitrogen functional groups attached to an aromatic ring is 1. The molecule has 2 aliphatic carbocycles. The van der Waals surface area contributed by atoms with Crippen molar-refractivity contribution in [3.8, 4) is 10.6 Å². The Kier molecular flexibility index (Phi) is 3.88. The number of fused-ring (bicyclic) bond motifs is 2. The van der Waals surface area contributed by atoms with Crippen molar-refractivity contribution < 1.29 is 19.7 Å². The number of nitrogens with two attached hydrogens (primary N) is 1. The van der Waals surface area contributed by atoms with Crippen LogP contribution in [0.4, 0.5) is 16.2 Å². The van der Waals surface area contributed by atoms with Gasteiger partial charge in [0.15, 0.2) is 5.72 Å². The maximum Gasteiger partial charge on any atom is 0.223 e. The normalized spacial score (nSPS) is 30.6. The molecule has 2 heterocycles. The van der Waals surface area contributed by atoms with E-state index in [0.717, 1.165) is 0 Å². The molecule has 11 heteroatoms. The van der Waals surface area contributed by atoms with Gasteiger partial charge < -0.3 is 26.4 Å². The molecule has 8 nitrogen and oxygen atoms in total. The summed E-state index contributed by atoms with van der Waals surface area (Å²) in [5, 5.41) is 34.9. The fourth-order valence-corrected chi connectivity index (χ4v) is 5.71. The van der Waals surface area contributed by atoms with E-state index in [1.165, 1.54) is 23.5 Å². The lowest BCUT2D eigenvalue weighted by Crippen LogP contribution is -2.51. The zero-order valence-corrected chi connectivity index (χ0v) is 16.7. The van der Waals surface area contributed by atoms with Crippen molar-refractivity contribution in [1.29, 1.82) is 0 Å². The molecular weight excluding hydrogens is 421 g/mol. The number of nitrogens with one attached hydrogen (secondary N) is 1. The van der Waals surface area contributed by atoms with Crippen molar-refractivity contribution >= 4 is 44.9 Å². The van der Waals surface area contributed by atoms with E-state index in [9.17, 15) is 19.7 Å². The first-order valence-corrected chi connectivity index (χ1v) is 10.1. The van der Waals surface area contributed by atoms with Gasteiger partial charge in [-0.3, -0.25) is 0 Å². The maximum atomic E-state index is 13.8. The Hall–Kier alpha value is -2.11. The Balaban J connectivity index is 1.64. The van der Waals surface area contributed by atoms with E-state index < -0.39 is 23.3 Å². The number of aryl methyl sites for hydroxylation is 1. The number of rotatable bonds is 3. The Morgan fingerprint density at radius 2 is 2.07 bits per heavy atom. The number of aliphatic hydroxyl groups excluding tert-OH is 1. The van der Waals surface area contributed by atoms with Crippen molar-refractivity contribution in [2.45, 2.75) is 37.2 Å². The van der Waals surface area contributed by atoms with Crippen molar-refractivity contribution in [2.75, 3.05) is 11.1 Å². The molecule has 1 aromatic carbocycles. The quantitative estimate of drug-likeness (QED) is 0.310. The number of benzene rings is 1. The molecule has 4 unspecified atom stereocenters. The summed E-state index contributed by atoms with van der Waals surface area (Å²) >= 11 is 7.53. The van der Waals surface area contributed by atoms with Gasteiger partial charge in [0.05, 0.1) is 21.9 Å². The highest BCUT2D eigenvalue weighted by Gasteiger charge is 2.78. The number of nitrogens with zero attached hydrogens (tertiary/aromatic N) is 3. The molecule has 29 heavy (non-hydrogen) atoms. The largest absolute Gasteiger partial charge is 0.390 e. The Bertz CT molecular complexity index is 1180. The van der Waals surface area contributed by atoms with E-state index in [4.69, 9.17) is 17.3 Å². The number of anilines is 2. The van der Waals surface area contributed by atoms with Crippen LogP contribution in [0.25, 0.3) is 20.8 Å². The van der Waals surface area contributed by atoms with Gasteiger partial charge in [0.2, 0.25) is 5.95 Å². The second-order valence-electron chi connectivity index (χ2n) is 7.59. The van der Waals surface area contributed by atoms with Gasteiger partial charge in [-0.2, -0.15) is 4.98 Å². The van der Waals surface area contributed by atoms with Crippen LogP contribution in [0, 0.1) is 18.7 Å². The standard InChI is InChI=1S/C18H17ClFN5O3S/c1-6-4-7(20)5-9-11(6)22-15(29-9)10-13(19)23-16(21)24-14(10)25-17(27)3-2-8-12(26)18(8,17)28/h4-5,8,12,26-28H,2-3H2,1H3,(H3,21,23,24,25). The molecule has 2 saturated carbocycles. The van der Waals surface area contributed by atoms with Gasteiger partial charge in [-0.25, -0.2) is 14.4 Å². The molecule has 0 bridgehead atoms. The van der Waals surface area contributed by atoms with Gasteiger partial charge in [0, 0.05) is 5.92 Å². The molecule has 0 saturated heterocycles. The second kappa shape index (κ2) is 5.96. The van der Waals surface area contributed by atoms with Crippen LogP contribution >= 0.6 is 22.9 Å². The first kappa shape index (κ1) is 18.9. The van der Waals surface area contributed by atoms with E-state index in [0.29, 0.717) is 27.2 Å². The molecule has 2 aromatic heterocycles. The molecule has 0 aliphatic heterocycles. The van der Waals surface area contributed by atoms with Gasteiger partial charge in [-0.1, -0.05) is 11.6 Å². The molecule has 2 fully saturated rings. The molecule has 0 spiro atoms. The summed E-state index contributed by atoms with van der Waals surface area (Å²) in [4.78, 5) is 12.7. The first-order valence-electron chi connectivity index (χ1n) is 8.95. The Morgan fingerprint density at radius 1 is 1.31 bits per heavy atom. The van der Waals surface area contributed by atoms with E-state index in [1.54, 1.807) is 6.92 Å². The molecule has 2 aliphatic rings. The third-order valence-electron chi connectivity index (χ3n) is 5.84. The minimum atomic E-state index is -1.81. The first-order chi connectivity index (χ1) is 13.6. The molecule has 0 amide bonds. The lowest BCUT2D eigenvalue weighted by molar-refractivity contribution is -0.0851. The summed E-state index contributed by atoms with van der Waals surface area (Å²) in [5.74, 6) is -0.841. The highest BCUT2D eigenvalue weighted by Crippen LogP contribution is 2.61. The summed E-state index contributed by atoms with van der Waals surface area (Å²) in [5.41, 5.74) is 3.81. The van der Waals surface area contributed by atoms with Crippen LogP contribution in [-0.2, 0) is 0 Å². The maximum absolute atomic E-state index is 13.8. The van der Waals surface area contributed by atoms with Crippen LogP contribution in [0.5, 0.6) is 0 Å². The monoisotopic (exact) mass is 437 g/mol. The molecule has 152 valence electrons. The second-order valence-corrected chi connectivity index (χ2v) is 8.97. The Morgan fingerprint density at radius 3 is 2.76 bits per heavy atom. The lowest BCUT2D eigenvalue weighted by atomic mass is 10.0. The molecule has 4 atom stereocenters. The molecule has 3 aromatic rings. The van der Waals surface area contributed by atoms with Gasteiger partial charge in [-0.15, -0.1) is 11.3 Å². The number of aromatic nitrogens is 3. The number of halogens is 2. The minimum Gasteiger partial charge on any atom is -0.390 e. The van der Waals surface area contributed by atoms with E-state index >= 15 is 0 Å².